The molecule has 8 heteroatoms. The first-order valence-electron chi connectivity index (χ1n) is 8.74. The minimum absolute atomic E-state index is 0.0935. The van der Waals surface area contributed by atoms with E-state index >= 15 is 0 Å². The van der Waals surface area contributed by atoms with Crippen LogP contribution in [0, 0.1) is 19.8 Å². The van der Waals surface area contributed by atoms with Gasteiger partial charge in [-0.05, 0) is 57.2 Å². The van der Waals surface area contributed by atoms with E-state index in [9.17, 15) is 4.79 Å². The number of nitrogens with zero attached hydrogens (tertiary/aromatic N) is 2. The maximum Gasteiger partial charge on any atom is 0.234 e. The lowest BCUT2D eigenvalue weighted by Crippen LogP contribution is -2.42. The molecule has 0 bridgehead atoms. The number of carbonyl (C=O) groups is 1. The van der Waals surface area contributed by atoms with Gasteiger partial charge in [-0.1, -0.05) is 32.0 Å². The van der Waals surface area contributed by atoms with Crippen LogP contribution < -0.4 is 22.0 Å². The fourth-order valence-corrected chi connectivity index (χ4v) is 2.66. The Hall–Kier alpha value is -2.03. The zero-order valence-electron chi connectivity index (χ0n) is 16.2. The van der Waals surface area contributed by atoms with Gasteiger partial charge in [-0.15, -0.1) is 0 Å². The molecule has 0 heterocycles. The number of hydrogen-bond donors (Lipinski definition) is 4. The number of hydrogen-bond acceptors (Lipinski definition) is 5. The van der Waals surface area contributed by atoms with E-state index in [2.05, 4.69) is 40.0 Å². The van der Waals surface area contributed by atoms with Gasteiger partial charge in [-0.25, -0.2) is 5.84 Å². The second-order valence-corrected chi connectivity index (χ2v) is 6.54. The van der Waals surface area contributed by atoms with Gasteiger partial charge in [0.1, 0.15) is 0 Å². The maximum atomic E-state index is 13.0. The van der Waals surface area contributed by atoms with Crippen molar-refractivity contribution in [1.29, 1.82) is 0 Å². The topological polar surface area (TPSA) is 94.8 Å². The molecule has 0 aliphatic heterocycles. The highest BCUT2D eigenvalue weighted by Crippen LogP contribution is 2.20. The number of hydrazone groups is 1. The van der Waals surface area contributed by atoms with E-state index in [-0.39, 0.29) is 11.0 Å². The predicted molar refractivity (Wildman–Crippen MR) is 112 cm³/mol. The third kappa shape index (κ3) is 6.36. The predicted octanol–water partition coefficient (Wildman–Crippen LogP) is 1.91. The molecular weight excluding hydrogens is 348 g/mol. The Balaban J connectivity index is 3.06. The molecule has 26 heavy (non-hydrogen) atoms. The smallest absolute Gasteiger partial charge is 0.234 e. The molecule has 0 aliphatic rings. The molecule has 0 saturated heterocycles. The van der Waals surface area contributed by atoms with E-state index in [1.54, 1.807) is 0 Å². The summed E-state index contributed by atoms with van der Waals surface area (Å²) in [5.41, 5.74) is 8.50. The second kappa shape index (κ2) is 10.8. The van der Waals surface area contributed by atoms with Gasteiger partial charge in [-0.3, -0.25) is 15.6 Å². The number of anilines is 1. The number of carbonyl (C=O) groups excluding carboxylic acids is 1. The van der Waals surface area contributed by atoms with Crippen LogP contribution in [0.1, 0.15) is 31.9 Å². The highest BCUT2D eigenvalue weighted by Gasteiger charge is 2.25. The molecule has 0 saturated carbocycles. The molecule has 1 aromatic rings. The van der Waals surface area contributed by atoms with Crippen LogP contribution in [-0.4, -0.2) is 41.3 Å². The molecule has 144 valence electrons. The van der Waals surface area contributed by atoms with Crippen molar-refractivity contribution in [3.8, 4) is 0 Å². The average molecular weight is 379 g/mol. The molecule has 0 spiro atoms. The standard InChI is InChI=1S/C18H30N6OS/c1-6-24(7-2)11-15(14(5)22-23-18(26)21-19)17(25)20-16-12(3)9-8-10-13(16)4/h8-10,15H,6-7,11,19H2,1-5H3,(H,20,25)(H2,21,23,26)/b22-14-/t15-/m1/s1. The molecule has 1 aromatic carbocycles. The molecule has 1 amide bonds. The Morgan fingerprint density at radius 2 is 1.85 bits per heavy atom. The second-order valence-electron chi connectivity index (χ2n) is 6.13. The Morgan fingerprint density at radius 3 is 2.35 bits per heavy atom. The summed E-state index contributed by atoms with van der Waals surface area (Å²) in [6, 6.07) is 5.94. The Bertz CT molecular complexity index is 637. The van der Waals surface area contributed by atoms with Crippen molar-refractivity contribution in [3.63, 3.8) is 0 Å². The molecule has 1 atom stereocenters. The molecule has 5 N–H and O–H groups in total. The number of nitrogens with one attached hydrogen (secondary N) is 3. The van der Waals surface area contributed by atoms with Crippen LogP contribution in [0.15, 0.2) is 23.3 Å². The van der Waals surface area contributed by atoms with Gasteiger partial charge < -0.3 is 10.2 Å². The SMILES string of the molecule is CCN(CC)C[C@@H](C(=O)Nc1c(C)cccc1C)/C(C)=N\NC(=S)NN. The molecular formula is C18H30N6OS. The Kier molecular flexibility index (Phi) is 9.18. The lowest BCUT2D eigenvalue weighted by molar-refractivity contribution is -0.118. The lowest BCUT2D eigenvalue weighted by Gasteiger charge is -2.25. The number of aryl methyl sites for hydroxylation is 2. The zero-order chi connectivity index (χ0) is 19.7. The largest absolute Gasteiger partial charge is 0.325 e. The summed E-state index contributed by atoms with van der Waals surface area (Å²) < 4.78 is 0. The summed E-state index contributed by atoms with van der Waals surface area (Å²) >= 11 is 4.93. The maximum absolute atomic E-state index is 13.0. The van der Waals surface area contributed by atoms with Crippen LogP contribution in [0.3, 0.4) is 0 Å². The van der Waals surface area contributed by atoms with E-state index in [0.717, 1.165) is 29.9 Å². The van der Waals surface area contributed by atoms with Crippen LogP contribution in [0.2, 0.25) is 0 Å². The van der Waals surface area contributed by atoms with E-state index in [1.165, 1.54) is 0 Å². The van der Waals surface area contributed by atoms with E-state index in [1.807, 2.05) is 39.0 Å². The number of para-hydroxylation sites is 1. The third-order valence-corrected chi connectivity index (χ3v) is 4.56. The van der Waals surface area contributed by atoms with Crippen molar-refractivity contribution in [2.24, 2.45) is 16.9 Å². The fourth-order valence-electron chi connectivity index (χ4n) is 2.62. The van der Waals surface area contributed by atoms with Crippen LogP contribution in [0.25, 0.3) is 0 Å². The van der Waals surface area contributed by atoms with Crippen molar-refractivity contribution >= 4 is 34.6 Å². The number of nitrogens with two attached hydrogens (primary N) is 1. The van der Waals surface area contributed by atoms with Crippen molar-refractivity contribution < 1.29 is 4.79 Å². The number of rotatable bonds is 8. The third-order valence-electron chi connectivity index (χ3n) is 4.35. The normalized spacial score (nSPS) is 12.7. The van der Waals surface area contributed by atoms with Crippen molar-refractivity contribution in [1.82, 2.24) is 15.8 Å². The van der Waals surface area contributed by atoms with Gasteiger partial charge >= 0.3 is 0 Å². The molecule has 0 aliphatic carbocycles. The van der Waals surface area contributed by atoms with Gasteiger partial charge in [0.05, 0.1) is 5.92 Å². The number of hydrazine groups is 1. The summed E-state index contributed by atoms with van der Waals surface area (Å²) in [6.45, 7) is 12.2. The first kappa shape index (κ1) is 22.0. The highest BCUT2D eigenvalue weighted by atomic mass is 32.1. The van der Waals surface area contributed by atoms with Crippen molar-refractivity contribution in [2.45, 2.75) is 34.6 Å². The molecule has 0 radical (unpaired) electrons. The van der Waals surface area contributed by atoms with Crippen LogP contribution >= 0.6 is 12.2 Å². The molecule has 0 aromatic heterocycles. The van der Waals surface area contributed by atoms with E-state index < -0.39 is 5.92 Å². The van der Waals surface area contributed by atoms with E-state index in [4.69, 9.17) is 18.1 Å². The van der Waals surface area contributed by atoms with Gasteiger partial charge in [0.25, 0.3) is 0 Å². The minimum Gasteiger partial charge on any atom is -0.325 e. The monoisotopic (exact) mass is 378 g/mol. The average Bonchev–Trinajstić information content (AvgIpc) is 2.63. The summed E-state index contributed by atoms with van der Waals surface area (Å²) in [6.07, 6.45) is 0. The number of thiocarbonyl (C=S) groups is 1. The molecule has 0 fully saturated rings. The summed E-state index contributed by atoms with van der Waals surface area (Å²) in [5, 5.41) is 7.48. The van der Waals surface area contributed by atoms with Crippen LogP contribution in [0.4, 0.5) is 5.69 Å². The minimum atomic E-state index is -0.415. The lowest BCUT2D eigenvalue weighted by atomic mass is 10.0. The first-order valence-corrected chi connectivity index (χ1v) is 9.14. The van der Waals surface area contributed by atoms with Gasteiger partial charge in [-0.2, -0.15) is 5.10 Å². The summed E-state index contributed by atoms with van der Waals surface area (Å²) in [7, 11) is 0. The molecule has 0 unspecified atom stereocenters. The number of benzene rings is 1. The van der Waals surface area contributed by atoms with Crippen LogP contribution in [-0.2, 0) is 4.79 Å². The summed E-state index contributed by atoms with van der Waals surface area (Å²) in [4.78, 5) is 15.2. The first-order chi connectivity index (χ1) is 12.3. The fraction of sp³-hybridized carbons (Fsp3) is 0.500. The molecule has 1 rings (SSSR count). The highest BCUT2D eigenvalue weighted by molar-refractivity contribution is 7.80. The van der Waals surface area contributed by atoms with Gasteiger partial charge in [0.15, 0.2) is 0 Å². The van der Waals surface area contributed by atoms with Crippen molar-refractivity contribution in [2.75, 3.05) is 25.0 Å². The van der Waals surface area contributed by atoms with Gasteiger partial charge in [0, 0.05) is 17.9 Å². The van der Waals surface area contributed by atoms with Crippen molar-refractivity contribution in [3.05, 3.63) is 29.3 Å². The Labute approximate surface area is 161 Å². The molecule has 7 nitrogen and oxygen atoms in total. The van der Waals surface area contributed by atoms with E-state index in [0.29, 0.717) is 12.3 Å². The van der Waals surface area contributed by atoms with Gasteiger partial charge in [0.2, 0.25) is 11.0 Å². The summed E-state index contributed by atoms with van der Waals surface area (Å²) in [5.74, 6) is 4.73. The quantitative estimate of drug-likeness (QED) is 0.239. The van der Waals surface area contributed by atoms with Crippen LogP contribution in [0.5, 0.6) is 0 Å². The zero-order valence-corrected chi connectivity index (χ0v) is 17.0. The number of amides is 1. The Morgan fingerprint density at radius 1 is 1.27 bits per heavy atom.